The summed E-state index contributed by atoms with van der Waals surface area (Å²) < 4.78 is 10.3. The predicted octanol–water partition coefficient (Wildman–Crippen LogP) is 0.168. The summed E-state index contributed by atoms with van der Waals surface area (Å²) in [4.78, 5) is 8.44. The molecule has 10 heavy (non-hydrogen) atoms. The first kappa shape index (κ1) is 9.98. The molecule has 0 aliphatic carbocycles. The van der Waals surface area contributed by atoms with E-state index in [0.717, 1.165) is 0 Å². The monoisotopic (exact) mass is 166 g/mol. The van der Waals surface area contributed by atoms with Gasteiger partial charge in [0, 0.05) is 13.0 Å². The van der Waals surface area contributed by atoms with Gasteiger partial charge in [-0.1, -0.05) is 0 Å². The van der Waals surface area contributed by atoms with Crippen LogP contribution >= 0.6 is 8.03 Å². The fraction of sp³-hybridized carbons (Fsp3) is 1.00. The van der Waals surface area contributed by atoms with Crippen LogP contribution in [0.3, 0.4) is 0 Å². The minimum Gasteiger partial charge on any atom is -0.396 e. The third-order valence-corrected chi connectivity index (χ3v) is 2.02. The van der Waals surface area contributed by atoms with Gasteiger partial charge in [-0.25, -0.2) is 0 Å². The quantitative estimate of drug-likeness (QED) is 0.401. The van der Waals surface area contributed by atoms with Crippen LogP contribution in [-0.2, 0) is 4.57 Å². The highest BCUT2D eigenvalue weighted by Gasteiger charge is 2.22. The first-order chi connectivity index (χ1) is 4.68. The van der Waals surface area contributed by atoms with Crippen LogP contribution in [0.2, 0.25) is 0 Å². The Hall–Kier alpha value is -0.0200. The molecule has 4 nitrogen and oxygen atoms in total. The summed E-state index contributed by atoms with van der Waals surface area (Å²) in [5.74, 6) is -0.624. The molecular formula is C5H13NO3P+. The fourth-order valence-electron chi connectivity index (χ4n) is 0.576. The van der Waals surface area contributed by atoms with Crippen molar-refractivity contribution in [3.63, 3.8) is 0 Å². The van der Waals surface area contributed by atoms with Crippen molar-refractivity contribution in [2.75, 3.05) is 6.61 Å². The Morgan fingerprint density at radius 1 is 1.50 bits per heavy atom. The number of nitrogens with two attached hydrogens (primary N) is 1. The maximum absolute atomic E-state index is 10.3. The fourth-order valence-corrected chi connectivity index (χ4v) is 0.979. The summed E-state index contributed by atoms with van der Waals surface area (Å²) in [6.07, 6.45) is 1.86. The largest absolute Gasteiger partial charge is 0.524 e. The van der Waals surface area contributed by atoms with Crippen molar-refractivity contribution in [2.45, 2.75) is 25.0 Å². The van der Waals surface area contributed by atoms with Crippen molar-refractivity contribution in [3.05, 3.63) is 0 Å². The molecule has 2 unspecified atom stereocenters. The molecule has 60 valence electrons. The lowest BCUT2D eigenvalue weighted by atomic mass is 10.2. The summed E-state index contributed by atoms with van der Waals surface area (Å²) in [6.45, 7) is 0.120. The molecule has 0 saturated carbocycles. The molecule has 0 aromatic rings. The van der Waals surface area contributed by atoms with Gasteiger partial charge in [0.15, 0.2) is 0 Å². The lowest BCUT2D eigenvalue weighted by Crippen LogP contribution is -2.14. The molecule has 0 aliphatic rings. The number of unbranched alkanes of at least 4 members (excludes halogenated alkanes) is 1. The van der Waals surface area contributed by atoms with Gasteiger partial charge in [-0.3, -0.25) is 5.73 Å². The maximum atomic E-state index is 10.3. The van der Waals surface area contributed by atoms with Gasteiger partial charge in [0.05, 0.1) is 0 Å². The first-order valence-electron chi connectivity index (χ1n) is 3.20. The van der Waals surface area contributed by atoms with Crippen molar-refractivity contribution < 1.29 is 14.6 Å². The Morgan fingerprint density at radius 3 is 2.50 bits per heavy atom. The zero-order valence-corrected chi connectivity index (χ0v) is 6.63. The molecule has 0 radical (unpaired) electrons. The van der Waals surface area contributed by atoms with Crippen molar-refractivity contribution in [1.29, 1.82) is 0 Å². The van der Waals surface area contributed by atoms with Crippen LogP contribution in [-0.4, -0.2) is 22.4 Å². The van der Waals surface area contributed by atoms with Gasteiger partial charge in [0.25, 0.3) is 0 Å². The van der Waals surface area contributed by atoms with E-state index in [1.54, 1.807) is 0 Å². The molecule has 0 bridgehead atoms. The van der Waals surface area contributed by atoms with Crippen LogP contribution in [0.15, 0.2) is 0 Å². The van der Waals surface area contributed by atoms with E-state index in [1.165, 1.54) is 0 Å². The standard InChI is InChI=1S/C5H12NO3P/c6-5(10(8)9)3-1-2-4-7/h5,7H,1-4,6H2/p+1. The van der Waals surface area contributed by atoms with Gasteiger partial charge >= 0.3 is 8.03 Å². The highest BCUT2D eigenvalue weighted by atomic mass is 31.1. The molecule has 0 heterocycles. The normalized spacial score (nSPS) is 14.9. The van der Waals surface area contributed by atoms with Gasteiger partial charge in [0.2, 0.25) is 5.78 Å². The van der Waals surface area contributed by atoms with E-state index in [0.29, 0.717) is 19.3 Å². The maximum Gasteiger partial charge on any atom is 0.524 e. The number of hydrogen-bond acceptors (Lipinski definition) is 3. The molecule has 0 saturated heterocycles. The van der Waals surface area contributed by atoms with E-state index in [2.05, 4.69) is 0 Å². The molecule has 0 rings (SSSR count). The van der Waals surface area contributed by atoms with Gasteiger partial charge in [-0.05, 0) is 17.4 Å². The average molecular weight is 166 g/mol. The molecule has 0 amide bonds. The molecule has 5 heteroatoms. The first-order valence-corrected chi connectivity index (χ1v) is 4.48. The number of hydrogen-bond donors (Lipinski definition) is 3. The molecule has 0 aromatic heterocycles. The number of aliphatic hydroxyl groups excluding tert-OH is 1. The SMILES string of the molecule is NC(CCCCO)[P+](=O)O. The Bertz CT molecular complexity index is 109. The van der Waals surface area contributed by atoms with Gasteiger partial charge in [-0.15, -0.1) is 0 Å². The van der Waals surface area contributed by atoms with Crippen LogP contribution in [0.1, 0.15) is 19.3 Å². The molecule has 2 atom stereocenters. The van der Waals surface area contributed by atoms with Crippen LogP contribution in [0, 0.1) is 0 Å². The Labute approximate surface area is 60.9 Å². The van der Waals surface area contributed by atoms with Crippen LogP contribution in [0.5, 0.6) is 0 Å². The summed E-state index contributed by atoms with van der Waals surface area (Å²) >= 11 is 0. The lowest BCUT2D eigenvalue weighted by molar-refractivity contribution is 0.282. The highest BCUT2D eigenvalue weighted by molar-refractivity contribution is 7.38. The van der Waals surface area contributed by atoms with Crippen molar-refractivity contribution >= 4 is 8.03 Å². The van der Waals surface area contributed by atoms with Gasteiger partial charge in [0.1, 0.15) is 0 Å². The van der Waals surface area contributed by atoms with E-state index in [4.69, 9.17) is 15.7 Å². The van der Waals surface area contributed by atoms with Crippen LogP contribution in [0.4, 0.5) is 0 Å². The molecule has 0 aliphatic heterocycles. The Morgan fingerprint density at radius 2 is 2.10 bits per heavy atom. The second-order valence-electron chi connectivity index (χ2n) is 2.09. The molecular weight excluding hydrogens is 153 g/mol. The second kappa shape index (κ2) is 5.74. The summed E-state index contributed by atoms with van der Waals surface area (Å²) in [7, 11) is -2.23. The molecule has 0 fully saturated rings. The third-order valence-electron chi connectivity index (χ3n) is 1.19. The van der Waals surface area contributed by atoms with E-state index >= 15 is 0 Å². The molecule has 0 aromatic carbocycles. The van der Waals surface area contributed by atoms with Crippen LogP contribution in [0.25, 0.3) is 0 Å². The van der Waals surface area contributed by atoms with Gasteiger partial charge < -0.3 is 5.11 Å². The zero-order chi connectivity index (χ0) is 7.98. The number of aliphatic hydroxyl groups is 1. The van der Waals surface area contributed by atoms with E-state index < -0.39 is 13.8 Å². The zero-order valence-electron chi connectivity index (χ0n) is 5.73. The summed E-state index contributed by atoms with van der Waals surface area (Å²) in [5, 5.41) is 8.34. The third kappa shape index (κ3) is 4.82. The van der Waals surface area contributed by atoms with E-state index in [-0.39, 0.29) is 6.61 Å². The summed E-state index contributed by atoms with van der Waals surface area (Å²) in [5.41, 5.74) is 5.24. The molecule has 0 spiro atoms. The topological polar surface area (TPSA) is 83.5 Å². The molecule has 4 N–H and O–H groups in total. The second-order valence-corrected chi connectivity index (χ2v) is 3.36. The number of rotatable bonds is 5. The van der Waals surface area contributed by atoms with Crippen LogP contribution < -0.4 is 5.73 Å². The Kier molecular flexibility index (Phi) is 5.73. The minimum absolute atomic E-state index is 0.120. The van der Waals surface area contributed by atoms with Crippen molar-refractivity contribution in [1.82, 2.24) is 0 Å². The Balaban J connectivity index is 3.21. The van der Waals surface area contributed by atoms with Crippen molar-refractivity contribution in [2.24, 2.45) is 5.73 Å². The minimum atomic E-state index is -2.23. The predicted molar refractivity (Wildman–Crippen MR) is 38.7 cm³/mol. The lowest BCUT2D eigenvalue weighted by Gasteiger charge is -1.95. The van der Waals surface area contributed by atoms with E-state index in [1.807, 2.05) is 0 Å². The van der Waals surface area contributed by atoms with E-state index in [9.17, 15) is 4.57 Å². The smallest absolute Gasteiger partial charge is 0.396 e. The average Bonchev–Trinajstić information content (AvgIpc) is 1.88. The summed E-state index contributed by atoms with van der Waals surface area (Å²) in [6, 6.07) is 0. The van der Waals surface area contributed by atoms with Crippen molar-refractivity contribution in [3.8, 4) is 0 Å². The highest BCUT2D eigenvalue weighted by Crippen LogP contribution is 2.21. The van der Waals surface area contributed by atoms with Gasteiger partial charge in [-0.2, -0.15) is 4.89 Å².